The van der Waals surface area contributed by atoms with Crippen molar-refractivity contribution in [2.24, 2.45) is 0 Å². The second-order valence-corrected chi connectivity index (χ2v) is 7.73. The van der Waals surface area contributed by atoms with Gasteiger partial charge in [0.1, 0.15) is 28.8 Å². The summed E-state index contributed by atoms with van der Waals surface area (Å²) in [6.45, 7) is 4.58. The highest BCUT2D eigenvalue weighted by molar-refractivity contribution is 7.89. The van der Waals surface area contributed by atoms with Crippen molar-refractivity contribution in [1.29, 1.82) is 0 Å². The lowest BCUT2D eigenvalue weighted by molar-refractivity contribution is 0.322. The van der Waals surface area contributed by atoms with Gasteiger partial charge in [-0.1, -0.05) is 26.0 Å². The fraction of sp³-hybridized carbons (Fsp3) is 0.368. The van der Waals surface area contributed by atoms with Gasteiger partial charge < -0.3 is 14.2 Å². The maximum absolute atomic E-state index is 12.5. The molecule has 0 bridgehead atoms. The van der Waals surface area contributed by atoms with Crippen molar-refractivity contribution in [3.63, 3.8) is 0 Å². The predicted molar refractivity (Wildman–Crippen MR) is 101 cm³/mol. The van der Waals surface area contributed by atoms with Crippen LogP contribution in [0.15, 0.2) is 47.4 Å². The third-order valence-electron chi connectivity index (χ3n) is 3.85. The average molecular weight is 379 g/mol. The fourth-order valence-electron chi connectivity index (χ4n) is 2.38. The number of nitrogens with one attached hydrogen (secondary N) is 1. The fourth-order valence-corrected chi connectivity index (χ4v) is 3.54. The van der Waals surface area contributed by atoms with Gasteiger partial charge in [0.05, 0.1) is 14.2 Å². The molecule has 0 unspecified atom stereocenters. The minimum Gasteiger partial charge on any atom is -0.497 e. The van der Waals surface area contributed by atoms with Crippen LogP contribution in [0, 0.1) is 0 Å². The Morgan fingerprint density at radius 2 is 1.77 bits per heavy atom. The molecule has 0 radical (unpaired) electrons. The molecule has 0 aliphatic heterocycles. The Morgan fingerprint density at radius 3 is 2.42 bits per heavy atom. The first-order valence-corrected chi connectivity index (χ1v) is 9.80. The number of benzene rings is 2. The van der Waals surface area contributed by atoms with Gasteiger partial charge in [-0.25, -0.2) is 13.1 Å². The predicted octanol–water partition coefficient (Wildman–Crippen LogP) is 3.18. The van der Waals surface area contributed by atoms with Gasteiger partial charge in [0.25, 0.3) is 0 Å². The van der Waals surface area contributed by atoms with Gasteiger partial charge in [0.15, 0.2) is 0 Å². The van der Waals surface area contributed by atoms with Gasteiger partial charge in [-0.15, -0.1) is 0 Å². The number of sulfonamides is 1. The lowest BCUT2D eigenvalue weighted by atomic mass is 10.0. The average Bonchev–Trinajstić information content (AvgIpc) is 2.64. The zero-order valence-corrected chi connectivity index (χ0v) is 16.3. The van der Waals surface area contributed by atoms with Crippen LogP contribution in [-0.2, 0) is 10.0 Å². The molecule has 0 amide bonds. The summed E-state index contributed by atoms with van der Waals surface area (Å²) in [4.78, 5) is 0.0580. The van der Waals surface area contributed by atoms with Crippen LogP contribution in [0.4, 0.5) is 0 Å². The molecular formula is C19H25NO5S. The largest absolute Gasteiger partial charge is 0.497 e. The highest BCUT2D eigenvalue weighted by Gasteiger charge is 2.19. The summed E-state index contributed by atoms with van der Waals surface area (Å²) < 4.78 is 43.4. The van der Waals surface area contributed by atoms with E-state index < -0.39 is 10.0 Å². The van der Waals surface area contributed by atoms with E-state index in [0.717, 1.165) is 5.75 Å². The zero-order chi connectivity index (χ0) is 19.2. The molecule has 6 nitrogen and oxygen atoms in total. The standard InChI is InChI=1S/C19H25NO5S/c1-14(2)15-6-5-7-17(12-15)25-11-10-20-26(21,22)19-9-8-16(23-3)13-18(19)24-4/h5-9,12-14,20H,10-11H2,1-4H3. The van der Waals surface area contributed by atoms with Crippen molar-refractivity contribution in [3.05, 3.63) is 48.0 Å². The number of hydrogen-bond donors (Lipinski definition) is 1. The van der Waals surface area contributed by atoms with Gasteiger partial charge in [-0.3, -0.25) is 0 Å². The SMILES string of the molecule is COc1ccc(S(=O)(=O)NCCOc2cccc(C(C)C)c2)c(OC)c1. The van der Waals surface area contributed by atoms with Crippen LogP contribution in [0.5, 0.6) is 17.2 Å². The van der Waals surface area contributed by atoms with Gasteiger partial charge in [0.2, 0.25) is 10.0 Å². The summed E-state index contributed by atoms with van der Waals surface area (Å²) in [5, 5.41) is 0. The summed E-state index contributed by atoms with van der Waals surface area (Å²) in [5.41, 5.74) is 1.17. The molecular weight excluding hydrogens is 354 g/mol. The summed E-state index contributed by atoms with van der Waals surface area (Å²) >= 11 is 0. The van der Waals surface area contributed by atoms with Crippen molar-refractivity contribution in [2.45, 2.75) is 24.7 Å². The van der Waals surface area contributed by atoms with Crippen molar-refractivity contribution in [3.8, 4) is 17.2 Å². The van der Waals surface area contributed by atoms with E-state index in [0.29, 0.717) is 11.7 Å². The Bertz CT molecular complexity index is 834. The van der Waals surface area contributed by atoms with Crippen LogP contribution in [0.25, 0.3) is 0 Å². The second kappa shape index (κ2) is 8.91. The van der Waals surface area contributed by atoms with Crippen LogP contribution in [-0.4, -0.2) is 35.8 Å². The number of rotatable bonds is 9. The Balaban J connectivity index is 1.97. The molecule has 2 aromatic carbocycles. The minimum atomic E-state index is -3.71. The molecule has 0 aromatic heterocycles. The molecule has 0 fully saturated rings. The summed E-state index contributed by atoms with van der Waals surface area (Å²) in [6, 6.07) is 12.3. The van der Waals surface area contributed by atoms with E-state index in [4.69, 9.17) is 14.2 Å². The Morgan fingerprint density at radius 1 is 1.00 bits per heavy atom. The first-order valence-electron chi connectivity index (χ1n) is 8.32. The van der Waals surface area contributed by atoms with E-state index in [1.165, 1.54) is 31.9 Å². The number of methoxy groups -OCH3 is 2. The lowest BCUT2D eigenvalue weighted by Crippen LogP contribution is -2.28. The third-order valence-corrected chi connectivity index (χ3v) is 5.35. The molecule has 1 N–H and O–H groups in total. The monoisotopic (exact) mass is 379 g/mol. The van der Waals surface area contributed by atoms with Gasteiger partial charge >= 0.3 is 0 Å². The van der Waals surface area contributed by atoms with Crippen molar-refractivity contribution in [2.75, 3.05) is 27.4 Å². The van der Waals surface area contributed by atoms with Crippen molar-refractivity contribution >= 4 is 10.0 Å². The van der Waals surface area contributed by atoms with E-state index in [1.807, 2.05) is 24.3 Å². The quantitative estimate of drug-likeness (QED) is 0.678. The number of hydrogen-bond acceptors (Lipinski definition) is 5. The first kappa shape index (κ1) is 20.1. The van der Waals surface area contributed by atoms with Crippen molar-refractivity contribution in [1.82, 2.24) is 4.72 Å². The van der Waals surface area contributed by atoms with Gasteiger partial charge in [-0.05, 0) is 35.7 Å². The molecule has 0 saturated carbocycles. The number of ether oxygens (including phenoxy) is 3. The van der Waals surface area contributed by atoms with E-state index in [2.05, 4.69) is 18.6 Å². The zero-order valence-electron chi connectivity index (χ0n) is 15.5. The van der Waals surface area contributed by atoms with Crippen LogP contribution < -0.4 is 18.9 Å². The molecule has 2 rings (SSSR count). The Kier molecular flexibility index (Phi) is 6.88. The van der Waals surface area contributed by atoms with Gasteiger partial charge in [0, 0.05) is 12.6 Å². The van der Waals surface area contributed by atoms with Gasteiger partial charge in [-0.2, -0.15) is 0 Å². The second-order valence-electron chi connectivity index (χ2n) is 5.99. The van der Waals surface area contributed by atoms with Crippen LogP contribution in [0.2, 0.25) is 0 Å². The molecule has 0 atom stereocenters. The Hall–Kier alpha value is -2.25. The maximum Gasteiger partial charge on any atom is 0.244 e. The molecule has 2 aromatic rings. The molecule has 7 heteroatoms. The lowest BCUT2D eigenvalue weighted by Gasteiger charge is -2.13. The van der Waals surface area contributed by atoms with E-state index in [1.54, 1.807) is 6.07 Å². The Labute approximate surface area is 155 Å². The maximum atomic E-state index is 12.5. The van der Waals surface area contributed by atoms with E-state index in [-0.39, 0.29) is 23.8 Å². The highest BCUT2D eigenvalue weighted by Crippen LogP contribution is 2.28. The summed E-state index contributed by atoms with van der Waals surface area (Å²) in [7, 11) is -0.793. The summed E-state index contributed by atoms with van der Waals surface area (Å²) in [6.07, 6.45) is 0. The smallest absolute Gasteiger partial charge is 0.244 e. The van der Waals surface area contributed by atoms with Crippen LogP contribution >= 0.6 is 0 Å². The third kappa shape index (κ3) is 5.12. The van der Waals surface area contributed by atoms with Crippen molar-refractivity contribution < 1.29 is 22.6 Å². The van der Waals surface area contributed by atoms with Crippen LogP contribution in [0.1, 0.15) is 25.3 Å². The molecule has 142 valence electrons. The molecule has 0 saturated heterocycles. The topological polar surface area (TPSA) is 73.9 Å². The highest BCUT2D eigenvalue weighted by atomic mass is 32.2. The molecule has 0 spiro atoms. The summed E-state index contributed by atoms with van der Waals surface area (Å²) in [5.74, 6) is 1.87. The molecule has 0 aliphatic rings. The molecule has 0 heterocycles. The van der Waals surface area contributed by atoms with E-state index >= 15 is 0 Å². The van der Waals surface area contributed by atoms with Crippen LogP contribution in [0.3, 0.4) is 0 Å². The van der Waals surface area contributed by atoms with E-state index in [9.17, 15) is 8.42 Å². The molecule has 26 heavy (non-hydrogen) atoms. The minimum absolute atomic E-state index is 0.0580. The molecule has 0 aliphatic carbocycles. The first-order chi connectivity index (χ1) is 12.4. The normalized spacial score (nSPS) is 11.4.